The van der Waals surface area contributed by atoms with Gasteiger partial charge in [0, 0.05) is 44.8 Å². The molecular formula is C21H27N3O4S. The summed E-state index contributed by atoms with van der Waals surface area (Å²) in [6.45, 7) is 7.46. The Hall–Kier alpha value is -2.13. The Morgan fingerprint density at radius 1 is 1.00 bits per heavy atom. The van der Waals surface area contributed by atoms with Crippen molar-refractivity contribution in [3.63, 3.8) is 0 Å². The van der Waals surface area contributed by atoms with Crippen molar-refractivity contribution in [2.75, 3.05) is 46.1 Å². The Bertz CT molecular complexity index is 928. The average molecular weight is 418 g/mol. The quantitative estimate of drug-likeness (QED) is 0.744. The van der Waals surface area contributed by atoms with Gasteiger partial charge in [-0.25, -0.2) is 13.1 Å². The molecule has 2 aliphatic heterocycles. The maximum Gasteiger partial charge on any atom is 0.240 e. The maximum absolute atomic E-state index is 12.9. The summed E-state index contributed by atoms with van der Waals surface area (Å²) >= 11 is 0. The molecule has 1 N–H and O–H groups in total. The van der Waals surface area contributed by atoms with Crippen LogP contribution in [-0.4, -0.2) is 64.3 Å². The molecule has 2 aromatic rings. The van der Waals surface area contributed by atoms with E-state index in [1.165, 1.54) is 6.07 Å². The molecule has 0 bridgehead atoms. The highest BCUT2D eigenvalue weighted by atomic mass is 32.2. The first-order valence-corrected chi connectivity index (χ1v) is 11.5. The molecule has 2 aliphatic rings. The number of benzene rings is 2. The van der Waals surface area contributed by atoms with Crippen LogP contribution < -0.4 is 14.2 Å². The second kappa shape index (κ2) is 8.71. The fraction of sp³-hybridized carbons (Fsp3) is 0.429. The Labute approximate surface area is 172 Å². The van der Waals surface area contributed by atoms with E-state index in [0.29, 0.717) is 18.0 Å². The summed E-state index contributed by atoms with van der Waals surface area (Å²) in [6, 6.07) is 14.8. The fourth-order valence-corrected chi connectivity index (χ4v) is 4.89. The summed E-state index contributed by atoms with van der Waals surface area (Å²) in [7, 11) is -3.66. The summed E-state index contributed by atoms with van der Waals surface area (Å²) < 4.78 is 39.2. The third-order valence-corrected chi connectivity index (χ3v) is 7.02. The Morgan fingerprint density at radius 3 is 2.45 bits per heavy atom. The number of likely N-dealkylation sites (N-methyl/N-ethyl adjacent to an activating group) is 1. The average Bonchev–Trinajstić information content (AvgIpc) is 3.23. The van der Waals surface area contributed by atoms with Gasteiger partial charge in [-0.15, -0.1) is 0 Å². The molecule has 4 rings (SSSR count). The minimum Gasteiger partial charge on any atom is -0.454 e. The van der Waals surface area contributed by atoms with E-state index in [1.807, 2.05) is 18.2 Å². The first kappa shape index (κ1) is 20.2. The molecule has 0 spiro atoms. The van der Waals surface area contributed by atoms with Crippen LogP contribution in [0.1, 0.15) is 18.5 Å². The minimum atomic E-state index is -3.66. The first-order valence-electron chi connectivity index (χ1n) is 9.97. The molecule has 2 aromatic carbocycles. The van der Waals surface area contributed by atoms with Crippen LogP contribution in [0.15, 0.2) is 53.4 Å². The lowest BCUT2D eigenvalue weighted by atomic mass is 10.0. The zero-order valence-corrected chi connectivity index (χ0v) is 17.4. The van der Waals surface area contributed by atoms with Crippen LogP contribution in [0.5, 0.6) is 11.5 Å². The molecule has 7 nitrogen and oxygen atoms in total. The maximum atomic E-state index is 12.9. The van der Waals surface area contributed by atoms with E-state index in [0.717, 1.165) is 38.3 Å². The first-order chi connectivity index (χ1) is 14.1. The van der Waals surface area contributed by atoms with Crippen LogP contribution in [0.4, 0.5) is 0 Å². The van der Waals surface area contributed by atoms with Crippen molar-refractivity contribution in [3.05, 3.63) is 54.1 Å². The van der Waals surface area contributed by atoms with Crippen molar-refractivity contribution < 1.29 is 17.9 Å². The molecule has 1 atom stereocenters. The van der Waals surface area contributed by atoms with Gasteiger partial charge in [-0.1, -0.05) is 37.3 Å². The van der Waals surface area contributed by atoms with Crippen molar-refractivity contribution in [2.45, 2.75) is 17.9 Å². The standard InChI is InChI=1S/C21H27N3O4S/c1-2-23-10-12-24(13-11-23)19(17-6-4-3-5-7-17)15-22-29(25,26)18-8-9-20-21(14-18)28-16-27-20/h3-9,14,19,22H,2,10-13,15-16H2,1H3/t19-/m0/s1. The highest BCUT2D eigenvalue weighted by molar-refractivity contribution is 7.89. The van der Waals surface area contributed by atoms with E-state index in [1.54, 1.807) is 12.1 Å². The van der Waals surface area contributed by atoms with Crippen LogP contribution in [-0.2, 0) is 10.0 Å². The predicted octanol–water partition coefficient (Wildman–Crippen LogP) is 2.07. The third-order valence-electron chi connectivity index (χ3n) is 5.60. The zero-order chi connectivity index (χ0) is 20.3. The number of sulfonamides is 1. The second-order valence-electron chi connectivity index (χ2n) is 7.26. The minimum absolute atomic E-state index is 0.0148. The van der Waals surface area contributed by atoms with Crippen LogP contribution in [0.25, 0.3) is 0 Å². The van der Waals surface area contributed by atoms with E-state index in [4.69, 9.17) is 9.47 Å². The van der Waals surface area contributed by atoms with Crippen LogP contribution >= 0.6 is 0 Å². The van der Waals surface area contributed by atoms with Crippen molar-refractivity contribution in [2.24, 2.45) is 0 Å². The van der Waals surface area contributed by atoms with Gasteiger partial charge in [0.1, 0.15) is 0 Å². The molecule has 0 unspecified atom stereocenters. The predicted molar refractivity (Wildman–Crippen MR) is 111 cm³/mol. The Morgan fingerprint density at radius 2 is 1.72 bits per heavy atom. The number of rotatable bonds is 7. The van der Waals surface area contributed by atoms with Crippen LogP contribution in [0.2, 0.25) is 0 Å². The van der Waals surface area contributed by atoms with E-state index in [-0.39, 0.29) is 17.7 Å². The summed E-state index contributed by atoms with van der Waals surface area (Å²) in [4.78, 5) is 4.96. The van der Waals surface area contributed by atoms with Crippen LogP contribution in [0.3, 0.4) is 0 Å². The molecule has 156 valence electrons. The molecule has 0 aliphatic carbocycles. The van der Waals surface area contributed by atoms with Crippen molar-refractivity contribution in [3.8, 4) is 11.5 Å². The number of nitrogens with one attached hydrogen (secondary N) is 1. The van der Waals surface area contributed by atoms with Gasteiger partial charge in [0.05, 0.1) is 4.90 Å². The molecule has 1 saturated heterocycles. The van der Waals surface area contributed by atoms with Crippen LogP contribution in [0, 0.1) is 0 Å². The van der Waals surface area contributed by atoms with Gasteiger partial charge < -0.3 is 14.4 Å². The summed E-state index contributed by atoms with van der Waals surface area (Å²) in [5.74, 6) is 1.03. The number of ether oxygens (including phenoxy) is 2. The molecule has 0 aromatic heterocycles. The second-order valence-corrected chi connectivity index (χ2v) is 9.03. The molecular weight excluding hydrogens is 390 g/mol. The molecule has 1 fully saturated rings. The van der Waals surface area contributed by atoms with Crippen molar-refractivity contribution in [1.29, 1.82) is 0 Å². The molecule has 2 heterocycles. The SMILES string of the molecule is CCN1CCN([C@@H](CNS(=O)(=O)c2ccc3c(c2)OCO3)c2ccccc2)CC1. The van der Waals surface area contributed by atoms with Gasteiger partial charge in [0.15, 0.2) is 11.5 Å². The molecule has 8 heteroatoms. The Kier molecular flexibility index (Phi) is 6.05. The van der Waals surface area contributed by atoms with Gasteiger partial charge in [-0.2, -0.15) is 0 Å². The molecule has 0 amide bonds. The fourth-order valence-electron chi connectivity index (χ4n) is 3.84. The van der Waals surface area contributed by atoms with Gasteiger partial charge in [-0.05, 0) is 24.2 Å². The van der Waals surface area contributed by atoms with Gasteiger partial charge in [0.2, 0.25) is 16.8 Å². The summed E-state index contributed by atoms with van der Waals surface area (Å²) in [5, 5.41) is 0. The summed E-state index contributed by atoms with van der Waals surface area (Å²) in [5.41, 5.74) is 1.12. The number of fused-ring (bicyclic) bond motifs is 1. The molecule has 29 heavy (non-hydrogen) atoms. The number of piperazine rings is 1. The lowest BCUT2D eigenvalue weighted by Crippen LogP contribution is -2.49. The van der Waals surface area contributed by atoms with Gasteiger partial charge in [0.25, 0.3) is 0 Å². The normalized spacial score (nSPS) is 18.7. The lowest BCUT2D eigenvalue weighted by molar-refractivity contribution is 0.100. The van der Waals surface area contributed by atoms with E-state index >= 15 is 0 Å². The van der Waals surface area contributed by atoms with Gasteiger partial charge >= 0.3 is 0 Å². The van der Waals surface area contributed by atoms with Crippen molar-refractivity contribution in [1.82, 2.24) is 14.5 Å². The molecule has 0 radical (unpaired) electrons. The number of hydrogen-bond donors (Lipinski definition) is 1. The summed E-state index contributed by atoms with van der Waals surface area (Å²) in [6.07, 6.45) is 0. The molecule has 0 saturated carbocycles. The van der Waals surface area contributed by atoms with E-state index < -0.39 is 10.0 Å². The largest absolute Gasteiger partial charge is 0.454 e. The van der Waals surface area contributed by atoms with Crippen molar-refractivity contribution >= 4 is 10.0 Å². The third kappa shape index (κ3) is 4.56. The van der Waals surface area contributed by atoms with E-state index in [2.05, 4.69) is 33.6 Å². The van der Waals surface area contributed by atoms with E-state index in [9.17, 15) is 8.42 Å². The number of hydrogen-bond acceptors (Lipinski definition) is 6. The topological polar surface area (TPSA) is 71.1 Å². The number of nitrogens with zero attached hydrogens (tertiary/aromatic N) is 2. The highest BCUT2D eigenvalue weighted by Gasteiger charge is 2.27. The lowest BCUT2D eigenvalue weighted by Gasteiger charge is -2.39. The Balaban J connectivity index is 1.50. The smallest absolute Gasteiger partial charge is 0.240 e. The highest BCUT2D eigenvalue weighted by Crippen LogP contribution is 2.34. The zero-order valence-electron chi connectivity index (χ0n) is 16.6. The van der Waals surface area contributed by atoms with Gasteiger partial charge in [-0.3, -0.25) is 4.90 Å². The monoisotopic (exact) mass is 417 g/mol.